The molecule has 25 heavy (non-hydrogen) atoms. The lowest BCUT2D eigenvalue weighted by Gasteiger charge is -2.03. The molecule has 0 saturated carbocycles. The number of hydrogen-bond acceptors (Lipinski definition) is 2. The Morgan fingerprint density at radius 2 is 0.960 bits per heavy atom. The summed E-state index contributed by atoms with van der Waals surface area (Å²) in [5, 5.41) is 8.44. The van der Waals surface area contributed by atoms with Gasteiger partial charge in [0.1, 0.15) is 0 Å². The lowest BCUT2D eigenvalue weighted by molar-refractivity contribution is -0.131. The van der Waals surface area contributed by atoms with E-state index in [2.05, 4.69) is 6.92 Å². The SMILES string of the molecule is CCCCCCCCCCCCCCCCCCC(=O)C=CC(=O)O. The highest BCUT2D eigenvalue weighted by Crippen LogP contribution is 2.14. The van der Waals surface area contributed by atoms with E-state index in [-0.39, 0.29) is 5.78 Å². The summed E-state index contributed by atoms with van der Waals surface area (Å²) in [7, 11) is 0. The van der Waals surface area contributed by atoms with Crippen molar-refractivity contribution in [2.75, 3.05) is 0 Å². The molecule has 1 N–H and O–H groups in total. The first kappa shape index (κ1) is 23.9. The highest BCUT2D eigenvalue weighted by molar-refractivity contribution is 5.95. The van der Waals surface area contributed by atoms with E-state index in [0.29, 0.717) is 6.42 Å². The Bertz CT molecular complexity index is 347. The number of unbranched alkanes of at least 4 members (excludes halogenated alkanes) is 15. The van der Waals surface area contributed by atoms with E-state index < -0.39 is 5.97 Å². The second-order valence-corrected chi connectivity index (χ2v) is 7.19. The van der Waals surface area contributed by atoms with Gasteiger partial charge in [-0.25, -0.2) is 4.79 Å². The molecule has 0 aromatic rings. The fourth-order valence-electron chi connectivity index (χ4n) is 3.09. The van der Waals surface area contributed by atoms with Crippen molar-refractivity contribution in [3.05, 3.63) is 12.2 Å². The minimum absolute atomic E-state index is 0.0761. The summed E-state index contributed by atoms with van der Waals surface area (Å²) < 4.78 is 0. The van der Waals surface area contributed by atoms with Gasteiger partial charge in [-0.15, -0.1) is 0 Å². The quantitative estimate of drug-likeness (QED) is 0.204. The summed E-state index contributed by atoms with van der Waals surface area (Å²) in [6.45, 7) is 2.27. The number of hydrogen-bond donors (Lipinski definition) is 1. The molecule has 0 atom stereocenters. The van der Waals surface area contributed by atoms with Crippen LogP contribution >= 0.6 is 0 Å². The van der Waals surface area contributed by atoms with E-state index >= 15 is 0 Å². The highest BCUT2D eigenvalue weighted by Gasteiger charge is 1.98. The average molecular weight is 353 g/mol. The second kappa shape index (κ2) is 19.2. The molecular formula is C22H40O3. The fraction of sp³-hybridized carbons (Fsp3) is 0.818. The molecule has 0 saturated heterocycles. The number of allylic oxidation sites excluding steroid dienone is 1. The molecule has 0 aliphatic heterocycles. The van der Waals surface area contributed by atoms with Gasteiger partial charge in [0, 0.05) is 12.5 Å². The summed E-state index contributed by atoms with van der Waals surface area (Å²) in [4.78, 5) is 21.6. The predicted octanol–water partition coefficient (Wildman–Crippen LogP) is 6.85. The van der Waals surface area contributed by atoms with Crippen LogP contribution < -0.4 is 0 Å². The van der Waals surface area contributed by atoms with Crippen molar-refractivity contribution in [2.24, 2.45) is 0 Å². The lowest BCUT2D eigenvalue weighted by atomic mass is 10.0. The van der Waals surface area contributed by atoms with Crippen LogP contribution in [0.2, 0.25) is 0 Å². The maximum absolute atomic E-state index is 11.3. The van der Waals surface area contributed by atoms with Gasteiger partial charge in [-0.1, -0.05) is 103 Å². The van der Waals surface area contributed by atoms with Crippen LogP contribution in [0, 0.1) is 0 Å². The summed E-state index contributed by atoms with van der Waals surface area (Å²) >= 11 is 0. The van der Waals surface area contributed by atoms with E-state index in [1.54, 1.807) is 0 Å². The first-order chi connectivity index (χ1) is 12.2. The molecule has 3 heteroatoms. The number of carboxylic acids is 1. The van der Waals surface area contributed by atoms with Crippen LogP contribution in [0.5, 0.6) is 0 Å². The Morgan fingerprint density at radius 3 is 1.32 bits per heavy atom. The topological polar surface area (TPSA) is 54.4 Å². The molecule has 0 fully saturated rings. The van der Waals surface area contributed by atoms with Crippen molar-refractivity contribution in [1.82, 2.24) is 0 Å². The maximum Gasteiger partial charge on any atom is 0.328 e. The molecule has 0 amide bonds. The van der Waals surface area contributed by atoms with Crippen molar-refractivity contribution in [1.29, 1.82) is 0 Å². The first-order valence-corrected chi connectivity index (χ1v) is 10.6. The Kier molecular flexibility index (Phi) is 18.3. The van der Waals surface area contributed by atoms with Crippen molar-refractivity contribution < 1.29 is 14.7 Å². The smallest absolute Gasteiger partial charge is 0.328 e. The minimum atomic E-state index is -1.06. The van der Waals surface area contributed by atoms with Gasteiger partial charge >= 0.3 is 5.97 Å². The third kappa shape index (κ3) is 20.8. The van der Waals surface area contributed by atoms with E-state index in [4.69, 9.17) is 5.11 Å². The monoisotopic (exact) mass is 352 g/mol. The zero-order valence-electron chi connectivity index (χ0n) is 16.4. The van der Waals surface area contributed by atoms with Gasteiger partial charge in [0.25, 0.3) is 0 Å². The maximum atomic E-state index is 11.3. The Morgan fingerprint density at radius 1 is 0.600 bits per heavy atom. The van der Waals surface area contributed by atoms with Crippen molar-refractivity contribution in [3.8, 4) is 0 Å². The van der Waals surface area contributed by atoms with E-state index in [9.17, 15) is 9.59 Å². The molecule has 3 nitrogen and oxygen atoms in total. The fourth-order valence-corrected chi connectivity index (χ4v) is 3.09. The second-order valence-electron chi connectivity index (χ2n) is 7.19. The molecule has 0 aromatic carbocycles. The molecule has 0 spiro atoms. The van der Waals surface area contributed by atoms with Gasteiger partial charge in [-0.3, -0.25) is 4.79 Å². The molecule has 0 aromatic heterocycles. The van der Waals surface area contributed by atoms with Crippen LogP contribution in [0.4, 0.5) is 0 Å². The molecule has 0 rings (SSSR count). The summed E-state index contributed by atoms with van der Waals surface area (Å²) in [5.41, 5.74) is 0. The minimum Gasteiger partial charge on any atom is -0.478 e. The van der Waals surface area contributed by atoms with E-state index in [1.165, 1.54) is 96.0 Å². The molecular weight excluding hydrogens is 312 g/mol. The number of ketones is 1. The van der Waals surface area contributed by atoms with Crippen LogP contribution in [0.15, 0.2) is 12.2 Å². The van der Waals surface area contributed by atoms with Gasteiger partial charge in [-0.05, 0) is 12.5 Å². The van der Waals surface area contributed by atoms with Crippen LogP contribution in [0.3, 0.4) is 0 Å². The van der Waals surface area contributed by atoms with Crippen LogP contribution in [-0.4, -0.2) is 16.9 Å². The number of rotatable bonds is 19. The van der Waals surface area contributed by atoms with Crippen molar-refractivity contribution in [2.45, 2.75) is 116 Å². The zero-order valence-corrected chi connectivity index (χ0v) is 16.4. The Labute approximate surface area is 155 Å². The van der Waals surface area contributed by atoms with Crippen LogP contribution in [-0.2, 0) is 9.59 Å². The summed E-state index contributed by atoms with van der Waals surface area (Å²) in [5.74, 6) is -1.13. The van der Waals surface area contributed by atoms with Crippen molar-refractivity contribution >= 4 is 11.8 Å². The summed E-state index contributed by atoms with van der Waals surface area (Å²) in [6.07, 6.45) is 23.6. The number of carbonyl (C=O) groups is 2. The van der Waals surface area contributed by atoms with E-state index in [0.717, 1.165) is 18.9 Å². The van der Waals surface area contributed by atoms with Gasteiger partial charge in [-0.2, -0.15) is 0 Å². The predicted molar refractivity (Wildman–Crippen MR) is 106 cm³/mol. The molecule has 0 aliphatic carbocycles. The standard InChI is InChI=1S/C22H40O3/c1-2-3-4-5-6-7-8-9-10-11-12-13-14-15-16-17-18-21(23)19-20-22(24)25/h19-20H,2-18H2,1H3,(H,24,25). The molecule has 146 valence electrons. The van der Waals surface area contributed by atoms with Gasteiger partial charge in [0.2, 0.25) is 0 Å². The average Bonchev–Trinajstić information content (AvgIpc) is 2.59. The first-order valence-electron chi connectivity index (χ1n) is 10.6. The third-order valence-corrected chi connectivity index (χ3v) is 4.69. The molecule has 0 aliphatic rings. The zero-order chi connectivity index (χ0) is 18.6. The third-order valence-electron chi connectivity index (χ3n) is 4.69. The molecule has 0 radical (unpaired) electrons. The largest absolute Gasteiger partial charge is 0.478 e. The lowest BCUT2D eigenvalue weighted by Crippen LogP contribution is -1.95. The molecule has 0 unspecified atom stereocenters. The highest BCUT2D eigenvalue weighted by atomic mass is 16.4. The van der Waals surface area contributed by atoms with Crippen LogP contribution in [0.1, 0.15) is 116 Å². The Balaban J connectivity index is 3.14. The molecule has 0 heterocycles. The normalized spacial score (nSPS) is 11.2. The van der Waals surface area contributed by atoms with Crippen LogP contribution in [0.25, 0.3) is 0 Å². The van der Waals surface area contributed by atoms with Gasteiger partial charge < -0.3 is 5.11 Å². The Hall–Kier alpha value is -1.12. The number of carboxylic acid groups (broad SMARTS) is 1. The molecule has 0 bridgehead atoms. The van der Waals surface area contributed by atoms with Crippen molar-refractivity contribution in [3.63, 3.8) is 0 Å². The van der Waals surface area contributed by atoms with Gasteiger partial charge in [0.15, 0.2) is 5.78 Å². The van der Waals surface area contributed by atoms with E-state index in [1.807, 2.05) is 0 Å². The number of carbonyl (C=O) groups excluding carboxylic acids is 1. The van der Waals surface area contributed by atoms with Gasteiger partial charge in [0.05, 0.1) is 0 Å². The summed E-state index contributed by atoms with van der Waals surface area (Å²) in [6, 6.07) is 0. The number of aliphatic carboxylic acids is 1.